The van der Waals surface area contributed by atoms with Gasteiger partial charge in [-0.1, -0.05) is 6.07 Å². The fourth-order valence-corrected chi connectivity index (χ4v) is 2.04. The monoisotopic (exact) mass is 283 g/mol. The van der Waals surface area contributed by atoms with Crippen LogP contribution in [0.4, 0.5) is 13.2 Å². The molecular formula is C13H12F3N3O. The fraction of sp³-hybridized carbons (Fsp3) is 0.385. The number of aryl methyl sites for hydroxylation is 1. The van der Waals surface area contributed by atoms with Gasteiger partial charge in [0.1, 0.15) is 17.3 Å². The lowest BCUT2D eigenvalue weighted by atomic mass is 10.2. The van der Waals surface area contributed by atoms with Crippen molar-refractivity contribution in [3.8, 4) is 11.8 Å². The van der Waals surface area contributed by atoms with E-state index in [1.807, 2.05) is 6.07 Å². The highest BCUT2D eigenvalue weighted by atomic mass is 19.4. The molecule has 0 atom stereocenters. The van der Waals surface area contributed by atoms with Gasteiger partial charge in [0.15, 0.2) is 5.69 Å². The number of aromatic nitrogens is 2. The number of nitrogens with zero attached hydrogens (tertiary/aromatic N) is 3. The van der Waals surface area contributed by atoms with Crippen molar-refractivity contribution >= 4 is 10.9 Å². The molecule has 0 bridgehead atoms. The second kappa shape index (κ2) is 5.41. The summed E-state index contributed by atoms with van der Waals surface area (Å²) in [5.41, 5.74) is 0.736. The number of fused-ring (bicyclic) bond motifs is 1. The largest absolute Gasteiger partial charge is 0.494 e. The van der Waals surface area contributed by atoms with Crippen LogP contribution in [0.25, 0.3) is 10.9 Å². The smallest absolute Gasteiger partial charge is 0.389 e. The van der Waals surface area contributed by atoms with Gasteiger partial charge >= 0.3 is 6.18 Å². The number of hydrogen-bond acceptors (Lipinski definition) is 3. The van der Waals surface area contributed by atoms with Gasteiger partial charge < -0.3 is 4.74 Å². The first-order chi connectivity index (χ1) is 9.46. The first-order valence-corrected chi connectivity index (χ1v) is 5.96. The van der Waals surface area contributed by atoms with Gasteiger partial charge in [-0.3, -0.25) is 4.68 Å². The Morgan fingerprint density at radius 2 is 2.15 bits per heavy atom. The van der Waals surface area contributed by atoms with Crippen LogP contribution in [-0.2, 0) is 6.54 Å². The van der Waals surface area contributed by atoms with E-state index >= 15 is 0 Å². The maximum absolute atomic E-state index is 12.2. The highest BCUT2D eigenvalue weighted by Gasteiger charge is 2.26. The maximum atomic E-state index is 12.2. The van der Waals surface area contributed by atoms with Crippen LogP contribution in [0.15, 0.2) is 18.2 Å². The fourth-order valence-electron chi connectivity index (χ4n) is 2.04. The average Bonchev–Trinajstić information content (AvgIpc) is 2.75. The van der Waals surface area contributed by atoms with Gasteiger partial charge in [-0.15, -0.1) is 0 Å². The second-order valence-corrected chi connectivity index (χ2v) is 4.26. The Labute approximate surface area is 113 Å². The van der Waals surface area contributed by atoms with Crippen molar-refractivity contribution in [3.05, 3.63) is 23.9 Å². The summed E-state index contributed by atoms with van der Waals surface area (Å²) in [7, 11) is 1.47. The van der Waals surface area contributed by atoms with Crippen molar-refractivity contribution in [2.45, 2.75) is 25.6 Å². The zero-order valence-corrected chi connectivity index (χ0v) is 10.7. The molecule has 0 radical (unpaired) electrons. The van der Waals surface area contributed by atoms with E-state index in [0.29, 0.717) is 16.7 Å². The minimum Gasteiger partial charge on any atom is -0.494 e. The van der Waals surface area contributed by atoms with E-state index < -0.39 is 12.6 Å². The van der Waals surface area contributed by atoms with Gasteiger partial charge in [-0.2, -0.15) is 23.5 Å². The summed E-state index contributed by atoms with van der Waals surface area (Å²) in [6, 6.07) is 7.03. The Hall–Kier alpha value is -2.23. The molecule has 0 aliphatic carbocycles. The van der Waals surface area contributed by atoms with E-state index in [1.54, 1.807) is 18.2 Å². The highest BCUT2D eigenvalue weighted by Crippen LogP contribution is 2.29. The molecule has 1 heterocycles. The number of halogens is 3. The molecule has 0 fully saturated rings. The SMILES string of the molecule is COc1cccc2c(C#N)nn(CCCC(F)(F)F)c12. The molecule has 0 saturated carbocycles. The molecule has 0 N–H and O–H groups in total. The molecule has 4 nitrogen and oxygen atoms in total. The molecule has 0 saturated heterocycles. The number of ether oxygens (including phenoxy) is 1. The van der Waals surface area contributed by atoms with Crippen LogP contribution < -0.4 is 4.74 Å². The van der Waals surface area contributed by atoms with Crippen molar-refractivity contribution in [3.63, 3.8) is 0 Å². The number of benzene rings is 1. The van der Waals surface area contributed by atoms with E-state index in [4.69, 9.17) is 10.00 Å². The lowest BCUT2D eigenvalue weighted by Crippen LogP contribution is -2.10. The molecule has 0 amide bonds. The van der Waals surface area contributed by atoms with E-state index in [0.717, 1.165) is 0 Å². The number of hydrogen-bond donors (Lipinski definition) is 0. The van der Waals surface area contributed by atoms with Crippen molar-refractivity contribution in [2.24, 2.45) is 0 Å². The Morgan fingerprint density at radius 1 is 1.40 bits per heavy atom. The van der Waals surface area contributed by atoms with Crippen LogP contribution in [0.3, 0.4) is 0 Å². The van der Waals surface area contributed by atoms with E-state index in [-0.39, 0.29) is 18.7 Å². The number of rotatable bonds is 4. The Morgan fingerprint density at radius 3 is 2.75 bits per heavy atom. The summed E-state index contributed by atoms with van der Waals surface area (Å²) in [6.07, 6.45) is -5.17. The van der Waals surface area contributed by atoms with E-state index in [1.165, 1.54) is 11.8 Å². The third-order valence-corrected chi connectivity index (χ3v) is 2.89. The normalized spacial score (nSPS) is 11.6. The number of para-hydroxylation sites is 1. The van der Waals surface area contributed by atoms with E-state index in [2.05, 4.69) is 5.10 Å². The topological polar surface area (TPSA) is 50.8 Å². The van der Waals surface area contributed by atoms with Gasteiger partial charge in [-0.05, 0) is 18.6 Å². The number of alkyl halides is 3. The van der Waals surface area contributed by atoms with Gasteiger partial charge in [0.2, 0.25) is 0 Å². The summed E-state index contributed by atoms with van der Waals surface area (Å²) in [4.78, 5) is 0. The lowest BCUT2D eigenvalue weighted by Gasteiger charge is -2.08. The van der Waals surface area contributed by atoms with Crippen LogP contribution >= 0.6 is 0 Å². The summed E-state index contributed by atoms with van der Waals surface area (Å²) < 4.78 is 43.1. The summed E-state index contributed by atoms with van der Waals surface area (Å²) in [5.74, 6) is 0.489. The molecule has 0 spiro atoms. The maximum Gasteiger partial charge on any atom is 0.389 e. The quantitative estimate of drug-likeness (QED) is 0.865. The van der Waals surface area contributed by atoms with Crippen LogP contribution in [0, 0.1) is 11.3 Å². The van der Waals surface area contributed by atoms with Crippen LogP contribution in [0.2, 0.25) is 0 Å². The minimum atomic E-state index is -4.19. The molecule has 1 aromatic carbocycles. The first-order valence-electron chi connectivity index (χ1n) is 5.96. The third kappa shape index (κ3) is 2.85. The summed E-state index contributed by atoms with van der Waals surface area (Å²) in [6.45, 7) is 0.0814. The van der Waals surface area contributed by atoms with Gasteiger partial charge in [0.05, 0.1) is 7.11 Å². The molecular weight excluding hydrogens is 271 g/mol. The molecule has 2 aromatic rings. The van der Waals surface area contributed by atoms with Crippen molar-refractivity contribution in [1.29, 1.82) is 5.26 Å². The lowest BCUT2D eigenvalue weighted by molar-refractivity contribution is -0.135. The number of nitriles is 1. The predicted octanol–water partition coefficient (Wildman–Crippen LogP) is 3.26. The molecule has 7 heteroatoms. The second-order valence-electron chi connectivity index (χ2n) is 4.26. The van der Waals surface area contributed by atoms with Gasteiger partial charge in [-0.25, -0.2) is 0 Å². The molecule has 0 aliphatic heterocycles. The summed E-state index contributed by atoms with van der Waals surface area (Å²) >= 11 is 0. The van der Waals surface area contributed by atoms with Crippen LogP contribution in [0.5, 0.6) is 5.75 Å². The van der Waals surface area contributed by atoms with E-state index in [9.17, 15) is 13.2 Å². The molecule has 0 unspecified atom stereocenters. The van der Waals surface area contributed by atoms with Gasteiger partial charge in [0.25, 0.3) is 0 Å². The Balaban J connectivity index is 2.35. The highest BCUT2D eigenvalue weighted by molar-refractivity contribution is 5.89. The minimum absolute atomic E-state index is 0.0814. The summed E-state index contributed by atoms with van der Waals surface area (Å²) in [5, 5.41) is 13.6. The standard InChI is InChI=1S/C13H12F3N3O/c1-20-11-5-2-4-9-10(8-17)18-19(12(9)11)7-3-6-13(14,15)16/h2,4-5H,3,6-7H2,1H3. The molecule has 1 aromatic heterocycles. The molecule has 106 valence electrons. The Kier molecular flexibility index (Phi) is 3.84. The number of methoxy groups -OCH3 is 1. The molecule has 2 rings (SSSR count). The molecule has 0 aliphatic rings. The van der Waals surface area contributed by atoms with Crippen molar-refractivity contribution in [2.75, 3.05) is 7.11 Å². The van der Waals surface area contributed by atoms with Crippen LogP contribution in [0.1, 0.15) is 18.5 Å². The van der Waals surface area contributed by atoms with Crippen molar-refractivity contribution < 1.29 is 17.9 Å². The first kappa shape index (κ1) is 14.2. The molecule has 20 heavy (non-hydrogen) atoms. The van der Waals surface area contributed by atoms with Crippen LogP contribution in [-0.4, -0.2) is 23.1 Å². The average molecular weight is 283 g/mol. The third-order valence-electron chi connectivity index (χ3n) is 2.89. The Bertz CT molecular complexity index is 655. The predicted molar refractivity (Wildman–Crippen MR) is 66.3 cm³/mol. The zero-order valence-electron chi connectivity index (χ0n) is 10.7. The zero-order chi connectivity index (χ0) is 14.8. The van der Waals surface area contributed by atoms with Crippen molar-refractivity contribution in [1.82, 2.24) is 9.78 Å². The van der Waals surface area contributed by atoms with Gasteiger partial charge in [0, 0.05) is 18.4 Å².